The molecule has 1 aliphatic heterocycles. The van der Waals surface area contributed by atoms with E-state index >= 15 is 0 Å². The number of rotatable bonds is 2. The molecule has 1 saturated carbocycles. The van der Waals surface area contributed by atoms with E-state index in [1.165, 1.54) is 17.2 Å². The quantitative estimate of drug-likeness (QED) is 0.519. The van der Waals surface area contributed by atoms with E-state index in [9.17, 15) is 15.3 Å². The zero-order valence-electron chi connectivity index (χ0n) is 11.0. The number of fused-ring (bicyclic) bond motifs is 1. The summed E-state index contributed by atoms with van der Waals surface area (Å²) in [4.78, 5) is 12.1. The van der Waals surface area contributed by atoms with Crippen LogP contribution < -0.4 is 5.73 Å². The van der Waals surface area contributed by atoms with Crippen molar-refractivity contribution in [2.75, 3.05) is 12.3 Å². The Balaban J connectivity index is 1.75. The molecule has 21 heavy (non-hydrogen) atoms. The minimum atomic E-state index is -1.13. The van der Waals surface area contributed by atoms with E-state index in [0.717, 1.165) is 0 Å². The third kappa shape index (κ3) is 1.57. The van der Waals surface area contributed by atoms with Crippen molar-refractivity contribution in [1.29, 1.82) is 0 Å². The predicted octanol–water partition coefficient (Wildman–Crippen LogP) is -1.59. The van der Waals surface area contributed by atoms with Gasteiger partial charge in [0.25, 0.3) is 0 Å². The van der Waals surface area contributed by atoms with E-state index < -0.39 is 24.0 Å². The van der Waals surface area contributed by atoms with Gasteiger partial charge in [-0.2, -0.15) is 0 Å². The molecule has 4 rings (SSSR count). The van der Waals surface area contributed by atoms with Crippen LogP contribution in [0, 0.1) is 5.92 Å². The van der Waals surface area contributed by atoms with Gasteiger partial charge in [-0.1, -0.05) is 0 Å². The zero-order chi connectivity index (χ0) is 14.8. The molecule has 3 heterocycles. The van der Waals surface area contributed by atoms with Gasteiger partial charge in [0.1, 0.15) is 29.7 Å². The SMILES string of the molecule is Nc1ncnc2c1ncn2C1O[C@@]2(C[C@H]2CO)C(O)C1O. The molecule has 9 heteroatoms. The first kappa shape index (κ1) is 12.9. The fourth-order valence-corrected chi connectivity index (χ4v) is 3.14. The van der Waals surface area contributed by atoms with Crippen LogP contribution in [0.5, 0.6) is 0 Å². The third-order valence-corrected chi connectivity index (χ3v) is 4.43. The zero-order valence-corrected chi connectivity index (χ0v) is 11.0. The Morgan fingerprint density at radius 3 is 2.90 bits per heavy atom. The topological polar surface area (TPSA) is 140 Å². The summed E-state index contributed by atoms with van der Waals surface area (Å²) < 4.78 is 7.37. The molecule has 1 spiro atoms. The molecule has 0 aromatic carbocycles. The van der Waals surface area contributed by atoms with Gasteiger partial charge in [-0.3, -0.25) is 4.57 Å². The molecule has 5 N–H and O–H groups in total. The van der Waals surface area contributed by atoms with Crippen molar-refractivity contribution in [3.05, 3.63) is 12.7 Å². The lowest BCUT2D eigenvalue weighted by Crippen LogP contribution is -2.34. The standard InChI is InChI=1S/C12H15N5O4/c13-9-6-10(15-3-14-9)17(4-16-6)11-7(19)8(20)12(21-11)1-5(12)2-18/h3-5,7-8,11,18-20H,1-2H2,(H2,13,14,15)/t5-,7?,8?,11?,12+/m0/s1. The van der Waals surface area contributed by atoms with Crippen molar-refractivity contribution >= 4 is 17.0 Å². The van der Waals surface area contributed by atoms with E-state index in [1.807, 2.05) is 0 Å². The second kappa shape index (κ2) is 4.10. The first-order valence-corrected chi connectivity index (χ1v) is 6.66. The molecule has 1 aliphatic carbocycles. The highest BCUT2D eigenvalue weighted by Crippen LogP contribution is 2.57. The molecule has 5 atom stereocenters. The highest BCUT2D eigenvalue weighted by Gasteiger charge is 2.68. The minimum Gasteiger partial charge on any atom is -0.396 e. The van der Waals surface area contributed by atoms with Gasteiger partial charge in [0.05, 0.1) is 6.33 Å². The van der Waals surface area contributed by atoms with Crippen molar-refractivity contribution < 1.29 is 20.1 Å². The molecule has 2 aromatic rings. The number of hydrogen-bond donors (Lipinski definition) is 4. The van der Waals surface area contributed by atoms with Crippen LogP contribution in [0.3, 0.4) is 0 Å². The van der Waals surface area contributed by atoms with Crippen LogP contribution in [0.2, 0.25) is 0 Å². The summed E-state index contributed by atoms with van der Waals surface area (Å²) in [6.45, 7) is -0.0870. The van der Waals surface area contributed by atoms with E-state index in [4.69, 9.17) is 10.5 Å². The monoisotopic (exact) mass is 293 g/mol. The number of aliphatic hydroxyl groups excluding tert-OH is 3. The fourth-order valence-electron chi connectivity index (χ4n) is 3.14. The Morgan fingerprint density at radius 2 is 2.19 bits per heavy atom. The van der Waals surface area contributed by atoms with E-state index in [2.05, 4.69) is 15.0 Å². The number of anilines is 1. The summed E-state index contributed by atoms with van der Waals surface area (Å²) in [5.74, 6) is 0.0720. The summed E-state index contributed by atoms with van der Waals surface area (Å²) in [5, 5.41) is 29.7. The molecule has 0 amide bonds. The molecule has 3 unspecified atom stereocenters. The Labute approximate surface area is 119 Å². The van der Waals surface area contributed by atoms with E-state index in [-0.39, 0.29) is 18.3 Å². The van der Waals surface area contributed by atoms with Crippen molar-refractivity contribution in [1.82, 2.24) is 19.5 Å². The first-order chi connectivity index (χ1) is 10.1. The van der Waals surface area contributed by atoms with Crippen molar-refractivity contribution in [3.8, 4) is 0 Å². The fraction of sp³-hybridized carbons (Fsp3) is 0.583. The predicted molar refractivity (Wildman–Crippen MR) is 69.8 cm³/mol. The number of ether oxygens (including phenoxy) is 1. The van der Waals surface area contributed by atoms with Gasteiger partial charge in [-0.05, 0) is 6.42 Å². The normalized spacial score (nSPS) is 38.4. The Morgan fingerprint density at radius 1 is 1.38 bits per heavy atom. The van der Waals surface area contributed by atoms with Crippen LogP contribution in [-0.2, 0) is 4.74 Å². The Hall–Kier alpha value is -1.81. The van der Waals surface area contributed by atoms with Gasteiger partial charge in [0.2, 0.25) is 0 Å². The highest BCUT2D eigenvalue weighted by atomic mass is 16.6. The highest BCUT2D eigenvalue weighted by molar-refractivity contribution is 5.81. The maximum Gasteiger partial charge on any atom is 0.167 e. The molecule has 2 aromatic heterocycles. The second-order valence-corrected chi connectivity index (χ2v) is 5.57. The van der Waals surface area contributed by atoms with E-state index in [1.54, 1.807) is 0 Å². The first-order valence-electron chi connectivity index (χ1n) is 6.66. The number of nitrogens with zero attached hydrogens (tertiary/aromatic N) is 4. The summed E-state index contributed by atoms with van der Waals surface area (Å²) >= 11 is 0. The number of imidazole rings is 1. The van der Waals surface area contributed by atoms with Crippen LogP contribution >= 0.6 is 0 Å². The Bertz CT molecular complexity index is 706. The van der Waals surface area contributed by atoms with E-state index in [0.29, 0.717) is 17.6 Å². The third-order valence-electron chi connectivity index (χ3n) is 4.43. The molecule has 0 radical (unpaired) electrons. The Kier molecular flexibility index (Phi) is 2.52. The van der Waals surface area contributed by atoms with Gasteiger partial charge in [-0.25, -0.2) is 15.0 Å². The molecule has 1 saturated heterocycles. The van der Waals surface area contributed by atoms with Gasteiger partial charge < -0.3 is 25.8 Å². The lowest BCUT2D eigenvalue weighted by Gasteiger charge is -2.16. The van der Waals surface area contributed by atoms with Crippen molar-refractivity contribution in [2.24, 2.45) is 5.92 Å². The summed E-state index contributed by atoms with van der Waals surface area (Å²) in [7, 11) is 0. The molecule has 2 aliphatic rings. The average molecular weight is 293 g/mol. The lowest BCUT2D eigenvalue weighted by atomic mass is 10.1. The van der Waals surface area contributed by atoms with Crippen LogP contribution in [0.1, 0.15) is 12.6 Å². The van der Waals surface area contributed by atoms with Crippen LogP contribution in [0.4, 0.5) is 5.82 Å². The molecule has 112 valence electrons. The second-order valence-electron chi connectivity index (χ2n) is 5.57. The van der Waals surface area contributed by atoms with Gasteiger partial charge in [-0.15, -0.1) is 0 Å². The van der Waals surface area contributed by atoms with Crippen LogP contribution in [0.15, 0.2) is 12.7 Å². The smallest absolute Gasteiger partial charge is 0.167 e. The van der Waals surface area contributed by atoms with Gasteiger partial charge >= 0.3 is 0 Å². The average Bonchev–Trinajstić information content (AvgIpc) is 2.94. The summed E-state index contributed by atoms with van der Waals surface area (Å²) in [6.07, 6.45) is 0.257. The number of hydrogen-bond acceptors (Lipinski definition) is 8. The molecular weight excluding hydrogens is 278 g/mol. The number of aromatic nitrogens is 4. The van der Waals surface area contributed by atoms with Crippen LogP contribution in [0.25, 0.3) is 11.2 Å². The van der Waals surface area contributed by atoms with Crippen molar-refractivity contribution in [3.63, 3.8) is 0 Å². The van der Waals surface area contributed by atoms with Crippen LogP contribution in [-0.4, -0.2) is 59.3 Å². The number of nitrogens with two attached hydrogens (primary N) is 1. The molecule has 9 nitrogen and oxygen atoms in total. The maximum absolute atomic E-state index is 10.3. The van der Waals surface area contributed by atoms with Gasteiger partial charge in [0, 0.05) is 12.5 Å². The molecule has 0 bridgehead atoms. The van der Waals surface area contributed by atoms with Crippen molar-refractivity contribution in [2.45, 2.75) is 30.5 Å². The largest absolute Gasteiger partial charge is 0.396 e. The summed E-state index contributed by atoms with van der Waals surface area (Å²) in [6, 6.07) is 0. The summed E-state index contributed by atoms with van der Waals surface area (Å²) in [5.41, 5.74) is 5.69. The van der Waals surface area contributed by atoms with Gasteiger partial charge in [0.15, 0.2) is 17.7 Å². The molecular formula is C12H15N5O4. The minimum absolute atomic E-state index is 0.0870. The number of nitrogen functional groups attached to an aromatic ring is 1. The maximum atomic E-state index is 10.3. The molecule has 2 fully saturated rings. The number of aliphatic hydroxyl groups is 3. The lowest BCUT2D eigenvalue weighted by molar-refractivity contribution is -0.0563.